The molecule has 1 aliphatic heterocycles. The van der Waals surface area contributed by atoms with Crippen molar-refractivity contribution in [3.63, 3.8) is 0 Å². The molecule has 0 aliphatic carbocycles. The van der Waals surface area contributed by atoms with E-state index in [4.69, 9.17) is 4.74 Å². The lowest BCUT2D eigenvalue weighted by Crippen LogP contribution is -2.42. The van der Waals surface area contributed by atoms with E-state index in [1.54, 1.807) is 18.6 Å². The Labute approximate surface area is 145 Å². The molecule has 6 nitrogen and oxygen atoms in total. The summed E-state index contributed by atoms with van der Waals surface area (Å²) in [6.07, 6.45) is 4.73. The van der Waals surface area contributed by atoms with E-state index in [1.165, 1.54) is 5.56 Å². The van der Waals surface area contributed by atoms with Crippen molar-refractivity contribution in [1.29, 1.82) is 0 Å². The van der Waals surface area contributed by atoms with Crippen LogP contribution in [0.25, 0.3) is 10.9 Å². The van der Waals surface area contributed by atoms with Crippen molar-refractivity contribution in [2.45, 2.75) is 20.0 Å². The summed E-state index contributed by atoms with van der Waals surface area (Å²) in [4.78, 5) is 26.5. The molecule has 1 aromatic carbocycles. The molecule has 1 saturated heterocycles. The fourth-order valence-electron chi connectivity index (χ4n) is 3.27. The third kappa shape index (κ3) is 2.89. The Morgan fingerprint density at radius 2 is 2.20 bits per heavy atom. The number of nitrogens with one attached hydrogen (secondary N) is 1. The van der Waals surface area contributed by atoms with Gasteiger partial charge in [-0.1, -0.05) is 0 Å². The predicted octanol–water partition coefficient (Wildman–Crippen LogP) is 2.79. The van der Waals surface area contributed by atoms with Crippen LogP contribution >= 0.6 is 0 Å². The topological polar surface area (TPSA) is 71.1 Å². The van der Waals surface area contributed by atoms with Crippen molar-refractivity contribution in [2.75, 3.05) is 19.7 Å². The maximum Gasteiger partial charge on any atom is 0.254 e. The third-order valence-electron chi connectivity index (χ3n) is 4.82. The monoisotopic (exact) mass is 336 g/mol. The molecule has 25 heavy (non-hydrogen) atoms. The van der Waals surface area contributed by atoms with Crippen molar-refractivity contribution in [3.05, 3.63) is 59.3 Å². The number of rotatable bonds is 2. The lowest BCUT2D eigenvalue weighted by Gasteiger charge is -2.32. The van der Waals surface area contributed by atoms with E-state index in [1.807, 2.05) is 30.0 Å². The zero-order valence-electron chi connectivity index (χ0n) is 14.3. The van der Waals surface area contributed by atoms with E-state index in [9.17, 15) is 4.79 Å². The standard InChI is InChI=1S/C19H20N4O2/c1-12-13(2)22-16-4-3-14(9-15(12)16)19(24)23-7-8-25-18(11-23)17-10-20-5-6-21-17/h3-6,9-10,18,22H,7-8,11H2,1-2H3. The minimum absolute atomic E-state index is 0.0253. The summed E-state index contributed by atoms with van der Waals surface area (Å²) in [7, 11) is 0. The Bertz CT molecular complexity index is 920. The van der Waals surface area contributed by atoms with Gasteiger partial charge in [-0.15, -0.1) is 0 Å². The number of nitrogens with zero attached hydrogens (tertiary/aromatic N) is 3. The van der Waals surface area contributed by atoms with Gasteiger partial charge in [0.05, 0.1) is 25.0 Å². The zero-order chi connectivity index (χ0) is 17.4. The number of amides is 1. The molecule has 1 unspecified atom stereocenters. The first kappa shape index (κ1) is 15.8. The second kappa shape index (κ2) is 6.29. The number of hydrogen-bond donors (Lipinski definition) is 1. The first-order valence-corrected chi connectivity index (χ1v) is 8.39. The summed E-state index contributed by atoms with van der Waals surface area (Å²) < 4.78 is 5.77. The van der Waals surface area contributed by atoms with Crippen molar-refractivity contribution in [3.8, 4) is 0 Å². The number of carbonyl (C=O) groups is 1. The number of aromatic nitrogens is 3. The second-order valence-corrected chi connectivity index (χ2v) is 6.38. The minimum Gasteiger partial charge on any atom is -0.368 e. The highest BCUT2D eigenvalue weighted by atomic mass is 16.5. The average molecular weight is 336 g/mol. The lowest BCUT2D eigenvalue weighted by molar-refractivity contribution is -0.0248. The Morgan fingerprint density at radius 1 is 1.32 bits per heavy atom. The van der Waals surface area contributed by atoms with Crippen LogP contribution in [0.3, 0.4) is 0 Å². The van der Waals surface area contributed by atoms with Gasteiger partial charge in [0, 0.05) is 41.1 Å². The molecule has 0 radical (unpaired) electrons. The van der Waals surface area contributed by atoms with Crippen LogP contribution in [-0.2, 0) is 4.74 Å². The van der Waals surface area contributed by atoms with Crippen LogP contribution in [0, 0.1) is 13.8 Å². The number of H-pyrrole nitrogens is 1. The van der Waals surface area contributed by atoms with Crippen LogP contribution in [0.1, 0.15) is 33.4 Å². The van der Waals surface area contributed by atoms with Gasteiger partial charge in [0.2, 0.25) is 0 Å². The normalized spacial score (nSPS) is 17.8. The van der Waals surface area contributed by atoms with Crippen molar-refractivity contribution < 1.29 is 9.53 Å². The first-order valence-electron chi connectivity index (χ1n) is 8.39. The number of benzene rings is 1. The molecule has 128 valence electrons. The van der Waals surface area contributed by atoms with Gasteiger partial charge in [0.1, 0.15) is 6.10 Å². The summed E-state index contributed by atoms with van der Waals surface area (Å²) in [6.45, 7) is 5.68. The molecule has 1 aliphatic rings. The number of aromatic amines is 1. The Balaban J connectivity index is 1.59. The predicted molar refractivity (Wildman–Crippen MR) is 94.4 cm³/mol. The van der Waals surface area contributed by atoms with Gasteiger partial charge in [-0.25, -0.2) is 0 Å². The summed E-state index contributed by atoms with van der Waals surface area (Å²) in [5, 5.41) is 1.10. The Kier molecular flexibility index (Phi) is 3.97. The molecule has 1 fully saturated rings. The molecule has 2 aromatic heterocycles. The SMILES string of the molecule is Cc1[nH]c2ccc(C(=O)N3CCOC(c4cnccn4)C3)cc2c1C. The van der Waals surface area contributed by atoms with Crippen molar-refractivity contribution in [2.24, 2.45) is 0 Å². The molecule has 0 spiro atoms. The highest BCUT2D eigenvalue weighted by Crippen LogP contribution is 2.25. The van der Waals surface area contributed by atoms with Gasteiger partial charge in [-0.3, -0.25) is 14.8 Å². The van der Waals surface area contributed by atoms with Gasteiger partial charge in [-0.2, -0.15) is 0 Å². The van der Waals surface area contributed by atoms with Crippen LogP contribution in [0.2, 0.25) is 0 Å². The summed E-state index contributed by atoms with van der Waals surface area (Å²) in [6, 6.07) is 5.83. The van der Waals surface area contributed by atoms with E-state index < -0.39 is 0 Å². The van der Waals surface area contributed by atoms with Gasteiger partial charge in [0.15, 0.2) is 0 Å². The lowest BCUT2D eigenvalue weighted by atomic mass is 10.1. The van der Waals surface area contributed by atoms with E-state index in [0.717, 1.165) is 22.3 Å². The summed E-state index contributed by atoms with van der Waals surface area (Å²) >= 11 is 0. The number of aryl methyl sites for hydroxylation is 2. The van der Waals surface area contributed by atoms with Gasteiger partial charge in [0.25, 0.3) is 5.91 Å². The van der Waals surface area contributed by atoms with E-state index in [-0.39, 0.29) is 12.0 Å². The zero-order valence-corrected chi connectivity index (χ0v) is 14.3. The Morgan fingerprint density at radius 3 is 3.00 bits per heavy atom. The average Bonchev–Trinajstić information content (AvgIpc) is 2.95. The molecule has 6 heteroatoms. The van der Waals surface area contributed by atoms with E-state index >= 15 is 0 Å². The van der Waals surface area contributed by atoms with Crippen molar-refractivity contribution >= 4 is 16.8 Å². The first-order chi connectivity index (χ1) is 12.1. The highest BCUT2D eigenvalue weighted by molar-refractivity contribution is 5.99. The third-order valence-corrected chi connectivity index (χ3v) is 4.82. The van der Waals surface area contributed by atoms with Crippen LogP contribution in [0.4, 0.5) is 0 Å². The molecule has 0 bridgehead atoms. The molecule has 4 rings (SSSR count). The largest absolute Gasteiger partial charge is 0.368 e. The molecule has 3 aromatic rings. The van der Waals surface area contributed by atoms with Gasteiger partial charge < -0.3 is 14.6 Å². The summed E-state index contributed by atoms with van der Waals surface area (Å²) in [5.74, 6) is 0.0253. The van der Waals surface area contributed by atoms with E-state index in [2.05, 4.69) is 21.9 Å². The number of fused-ring (bicyclic) bond motifs is 1. The Hall–Kier alpha value is -2.73. The fourth-order valence-corrected chi connectivity index (χ4v) is 3.27. The van der Waals surface area contributed by atoms with Crippen molar-refractivity contribution in [1.82, 2.24) is 19.9 Å². The van der Waals surface area contributed by atoms with Crippen LogP contribution in [0.5, 0.6) is 0 Å². The minimum atomic E-state index is -0.230. The smallest absolute Gasteiger partial charge is 0.254 e. The van der Waals surface area contributed by atoms with E-state index in [0.29, 0.717) is 25.3 Å². The highest BCUT2D eigenvalue weighted by Gasteiger charge is 2.27. The fraction of sp³-hybridized carbons (Fsp3) is 0.316. The quantitative estimate of drug-likeness (QED) is 0.781. The number of hydrogen-bond acceptors (Lipinski definition) is 4. The van der Waals surface area contributed by atoms with Gasteiger partial charge in [-0.05, 0) is 37.6 Å². The van der Waals surface area contributed by atoms with Gasteiger partial charge >= 0.3 is 0 Å². The molecule has 3 heterocycles. The molecule has 1 N–H and O–H groups in total. The van der Waals surface area contributed by atoms with Crippen LogP contribution in [0.15, 0.2) is 36.8 Å². The molecular weight excluding hydrogens is 316 g/mol. The molecule has 0 saturated carbocycles. The number of morpholine rings is 1. The molecular formula is C19H20N4O2. The number of ether oxygens (including phenoxy) is 1. The van der Waals surface area contributed by atoms with Crippen LogP contribution in [-0.4, -0.2) is 45.5 Å². The van der Waals surface area contributed by atoms with Crippen LogP contribution < -0.4 is 0 Å². The molecule has 1 amide bonds. The second-order valence-electron chi connectivity index (χ2n) is 6.38. The molecule has 1 atom stereocenters. The number of carbonyl (C=O) groups excluding carboxylic acids is 1. The summed E-state index contributed by atoms with van der Waals surface area (Å²) in [5.41, 5.74) is 4.84. The maximum absolute atomic E-state index is 13.0. The maximum atomic E-state index is 13.0.